The molecule has 0 unspecified atom stereocenters. The molecule has 1 aliphatic rings. The average Bonchev–Trinajstić information content (AvgIpc) is 2.95. The molecule has 9 heteroatoms. The Labute approximate surface area is 132 Å². The van der Waals surface area contributed by atoms with Crippen molar-refractivity contribution >= 4 is 41.0 Å². The van der Waals surface area contributed by atoms with E-state index < -0.39 is 6.10 Å². The number of methoxy groups -OCH3 is 1. The minimum Gasteiger partial charge on any atom is -0.390 e. The SMILES string of the molecule is COC[C@H]1O[C@@H](n2cnc3c(N)ncnc32)C[C@@H]1O.I. The Hall–Kier alpha value is -1.04. The van der Waals surface area contributed by atoms with Crippen LogP contribution < -0.4 is 5.73 Å². The number of aliphatic hydroxyl groups is 1. The summed E-state index contributed by atoms with van der Waals surface area (Å²) < 4.78 is 12.5. The number of hydrogen-bond acceptors (Lipinski definition) is 7. The number of imidazole rings is 1. The number of aliphatic hydroxyl groups excluding tert-OH is 1. The van der Waals surface area contributed by atoms with Crippen LogP contribution in [0.2, 0.25) is 0 Å². The lowest BCUT2D eigenvalue weighted by atomic mass is 10.2. The molecule has 3 atom stereocenters. The molecule has 3 rings (SSSR count). The van der Waals surface area contributed by atoms with Crippen molar-refractivity contribution in [3.05, 3.63) is 12.7 Å². The Kier molecular flexibility index (Phi) is 4.73. The molecule has 0 radical (unpaired) electrons. The zero-order valence-electron chi connectivity index (χ0n) is 10.8. The molecular formula is C11H16IN5O3. The number of ether oxygens (including phenoxy) is 2. The topological polar surface area (TPSA) is 108 Å². The van der Waals surface area contributed by atoms with Crippen LogP contribution in [-0.4, -0.2) is 50.6 Å². The van der Waals surface area contributed by atoms with Crippen LogP contribution in [0.25, 0.3) is 11.2 Å². The van der Waals surface area contributed by atoms with Crippen molar-refractivity contribution in [1.82, 2.24) is 19.5 Å². The van der Waals surface area contributed by atoms with E-state index in [1.165, 1.54) is 6.33 Å². The number of hydrogen-bond donors (Lipinski definition) is 2. The molecule has 0 amide bonds. The number of nitrogen functional groups attached to an aromatic ring is 1. The third-order valence-electron chi connectivity index (χ3n) is 3.23. The predicted molar refractivity (Wildman–Crippen MR) is 81.6 cm³/mol. The van der Waals surface area contributed by atoms with E-state index in [-0.39, 0.29) is 36.3 Å². The summed E-state index contributed by atoms with van der Waals surface area (Å²) in [4.78, 5) is 12.2. The largest absolute Gasteiger partial charge is 0.390 e. The van der Waals surface area contributed by atoms with Crippen molar-refractivity contribution in [2.24, 2.45) is 0 Å². The van der Waals surface area contributed by atoms with Gasteiger partial charge in [-0.3, -0.25) is 4.57 Å². The standard InChI is InChI=1S/C11H15N5O3.HI/c1-18-3-7-6(17)2-8(19-7)16-5-15-9-10(12)13-4-14-11(9)16;/h4-8,17H,2-3H2,1H3,(H2,12,13,14);1H/t6-,7+,8+;/m0./s1. The minimum atomic E-state index is -0.568. The summed E-state index contributed by atoms with van der Waals surface area (Å²) >= 11 is 0. The molecule has 1 saturated heterocycles. The van der Waals surface area contributed by atoms with Crippen molar-refractivity contribution in [3.63, 3.8) is 0 Å². The Balaban J connectivity index is 0.00000147. The van der Waals surface area contributed by atoms with Gasteiger partial charge in [0, 0.05) is 13.5 Å². The first-order valence-electron chi connectivity index (χ1n) is 5.96. The van der Waals surface area contributed by atoms with Gasteiger partial charge in [-0.05, 0) is 0 Å². The van der Waals surface area contributed by atoms with Crippen LogP contribution in [0.5, 0.6) is 0 Å². The van der Waals surface area contributed by atoms with Gasteiger partial charge in [-0.25, -0.2) is 15.0 Å². The predicted octanol–water partition coefficient (Wildman–Crippen LogP) is 0.321. The fourth-order valence-electron chi connectivity index (χ4n) is 2.28. The van der Waals surface area contributed by atoms with Crippen LogP contribution in [0.1, 0.15) is 12.6 Å². The molecule has 0 bridgehead atoms. The number of rotatable bonds is 3. The van der Waals surface area contributed by atoms with E-state index in [2.05, 4.69) is 15.0 Å². The van der Waals surface area contributed by atoms with Crippen molar-refractivity contribution in [1.29, 1.82) is 0 Å². The van der Waals surface area contributed by atoms with Crippen LogP contribution in [-0.2, 0) is 9.47 Å². The normalized spacial score (nSPS) is 25.8. The maximum atomic E-state index is 9.92. The van der Waals surface area contributed by atoms with Crippen molar-refractivity contribution in [2.75, 3.05) is 19.5 Å². The highest BCUT2D eigenvalue weighted by molar-refractivity contribution is 14.0. The zero-order valence-corrected chi connectivity index (χ0v) is 13.2. The Bertz CT molecular complexity index is 592. The molecule has 0 aromatic carbocycles. The molecule has 1 aliphatic heterocycles. The van der Waals surface area contributed by atoms with Gasteiger partial charge in [0.1, 0.15) is 24.2 Å². The first-order chi connectivity index (χ1) is 9.20. The summed E-state index contributed by atoms with van der Waals surface area (Å²) in [6.07, 6.45) is 2.21. The number of anilines is 1. The molecule has 2 aromatic heterocycles. The van der Waals surface area contributed by atoms with Gasteiger partial charge in [-0.15, -0.1) is 24.0 Å². The first-order valence-corrected chi connectivity index (χ1v) is 5.96. The Morgan fingerprint density at radius 2 is 2.30 bits per heavy atom. The van der Waals surface area contributed by atoms with Gasteiger partial charge >= 0.3 is 0 Å². The van der Waals surface area contributed by atoms with E-state index in [1.807, 2.05) is 0 Å². The molecular weight excluding hydrogens is 377 g/mol. The number of fused-ring (bicyclic) bond motifs is 1. The second-order valence-corrected chi connectivity index (χ2v) is 4.47. The van der Waals surface area contributed by atoms with Gasteiger partial charge in [0.25, 0.3) is 0 Å². The van der Waals surface area contributed by atoms with Gasteiger partial charge in [0.05, 0.1) is 19.0 Å². The Morgan fingerprint density at radius 3 is 3.05 bits per heavy atom. The van der Waals surface area contributed by atoms with E-state index in [1.54, 1.807) is 18.0 Å². The minimum absolute atomic E-state index is 0. The lowest BCUT2D eigenvalue weighted by Gasteiger charge is -2.14. The Morgan fingerprint density at radius 1 is 1.50 bits per heavy atom. The summed E-state index contributed by atoms with van der Waals surface area (Å²) in [5.74, 6) is 0.329. The summed E-state index contributed by atoms with van der Waals surface area (Å²) in [5, 5.41) is 9.92. The second kappa shape index (κ2) is 6.16. The fraction of sp³-hybridized carbons (Fsp3) is 0.545. The molecule has 1 fully saturated rings. The molecule has 2 aromatic rings. The first kappa shape index (κ1) is 15.4. The summed E-state index contributed by atoms with van der Waals surface area (Å²) in [6.45, 7) is 0.349. The molecule has 0 spiro atoms. The highest BCUT2D eigenvalue weighted by Crippen LogP contribution is 2.31. The zero-order chi connectivity index (χ0) is 13.4. The van der Waals surface area contributed by atoms with E-state index in [4.69, 9.17) is 15.2 Å². The van der Waals surface area contributed by atoms with Crippen LogP contribution in [0.4, 0.5) is 5.82 Å². The third kappa shape index (κ3) is 2.57. The van der Waals surface area contributed by atoms with Gasteiger partial charge in [-0.1, -0.05) is 0 Å². The quantitative estimate of drug-likeness (QED) is 0.724. The van der Waals surface area contributed by atoms with Crippen LogP contribution in [0.3, 0.4) is 0 Å². The third-order valence-corrected chi connectivity index (χ3v) is 3.23. The summed E-state index contributed by atoms with van der Waals surface area (Å²) in [5.41, 5.74) is 6.87. The summed E-state index contributed by atoms with van der Waals surface area (Å²) in [7, 11) is 1.57. The molecule has 20 heavy (non-hydrogen) atoms. The lowest BCUT2D eigenvalue weighted by molar-refractivity contribution is -0.0523. The molecule has 8 nitrogen and oxygen atoms in total. The van der Waals surface area contributed by atoms with Crippen molar-refractivity contribution in [3.8, 4) is 0 Å². The van der Waals surface area contributed by atoms with E-state index in [0.29, 0.717) is 30.0 Å². The highest BCUT2D eigenvalue weighted by Gasteiger charge is 2.35. The smallest absolute Gasteiger partial charge is 0.167 e. The van der Waals surface area contributed by atoms with Crippen LogP contribution >= 0.6 is 24.0 Å². The molecule has 0 saturated carbocycles. The number of halogens is 1. The van der Waals surface area contributed by atoms with E-state index in [9.17, 15) is 5.11 Å². The van der Waals surface area contributed by atoms with Gasteiger partial charge in [-0.2, -0.15) is 0 Å². The monoisotopic (exact) mass is 393 g/mol. The highest BCUT2D eigenvalue weighted by atomic mass is 127. The fourth-order valence-corrected chi connectivity index (χ4v) is 2.28. The number of aromatic nitrogens is 4. The van der Waals surface area contributed by atoms with Crippen LogP contribution in [0.15, 0.2) is 12.7 Å². The van der Waals surface area contributed by atoms with Crippen molar-refractivity contribution in [2.45, 2.75) is 24.9 Å². The van der Waals surface area contributed by atoms with E-state index >= 15 is 0 Å². The number of nitrogens with zero attached hydrogens (tertiary/aromatic N) is 4. The van der Waals surface area contributed by atoms with Crippen molar-refractivity contribution < 1.29 is 14.6 Å². The molecule has 0 aliphatic carbocycles. The molecule has 110 valence electrons. The molecule has 3 N–H and O–H groups in total. The van der Waals surface area contributed by atoms with Gasteiger partial charge in [0.2, 0.25) is 0 Å². The summed E-state index contributed by atoms with van der Waals surface area (Å²) in [6, 6.07) is 0. The molecule has 3 heterocycles. The van der Waals surface area contributed by atoms with E-state index in [0.717, 1.165) is 0 Å². The van der Waals surface area contributed by atoms with Gasteiger partial charge < -0.3 is 20.3 Å². The van der Waals surface area contributed by atoms with Gasteiger partial charge in [0.15, 0.2) is 11.5 Å². The van der Waals surface area contributed by atoms with Crippen LogP contribution in [0, 0.1) is 0 Å². The number of nitrogens with two attached hydrogens (primary N) is 1. The maximum absolute atomic E-state index is 9.92. The lowest BCUT2D eigenvalue weighted by Crippen LogP contribution is -2.25. The average molecular weight is 393 g/mol. The second-order valence-electron chi connectivity index (χ2n) is 4.47. The maximum Gasteiger partial charge on any atom is 0.167 e.